The molecule has 0 saturated carbocycles. The lowest BCUT2D eigenvalue weighted by atomic mass is 10.1. The lowest BCUT2D eigenvalue weighted by Crippen LogP contribution is -2.37. The molecular formula is C18H32IN3O2. The van der Waals surface area contributed by atoms with E-state index in [0.29, 0.717) is 19.8 Å². The van der Waals surface area contributed by atoms with Crippen LogP contribution in [-0.4, -0.2) is 39.4 Å². The van der Waals surface area contributed by atoms with Gasteiger partial charge in [0.2, 0.25) is 0 Å². The summed E-state index contributed by atoms with van der Waals surface area (Å²) in [6, 6.07) is 6.22. The highest BCUT2D eigenvalue weighted by atomic mass is 127. The first-order valence-electron chi connectivity index (χ1n) is 8.44. The zero-order valence-corrected chi connectivity index (χ0v) is 17.7. The number of hydrogen-bond acceptors (Lipinski definition) is 3. The van der Waals surface area contributed by atoms with Crippen molar-refractivity contribution in [2.24, 2.45) is 4.99 Å². The fourth-order valence-corrected chi connectivity index (χ4v) is 2.05. The highest BCUT2D eigenvalue weighted by molar-refractivity contribution is 14.0. The number of unbranched alkanes of at least 4 members (excludes halogenated alkanes) is 1. The Morgan fingerprint density at radius 2 is 1.96 bits per heavy atom. The third-order valence-corrected chi connectivity index (χ3v) is 3.34. The fourth-order valence-electron chi connectivity index (χ4n) is 2.05. The van der Waals surface area contributed by atoms with Crippen LogP contribution < -0.4 is 15.4 Å². The van der Waals surface area contributed by atoms with Crippen molar-refractivity contribution >= 4 is 29.9 Å². The molecule has 0 aliphatic heterocycles. The molecule has 0 amide bonds. The number of nitrogens with zero attached hydrogens (tertiary/aromatic N) is 1. The highest BCUT2D eigenvalue weighted by Crippen LogP contribution is 2.21. The summed E-state index contributed by atoms with van der Waals surface area (Å²) < 4.78 is 10.9. The van der Waals surface area contributed by atoms with Crippen LogP contribution in [0.1, 0.15) is 37.8 Å². The van der Waals surface area contributed by atoms with Crippen LogP contribution in [-0.2, 0) is 11.3 Å². The second-order valence-corrected chi connectivity index (χ2v) is 5.43. The predicted molar refractivity (Wildman–Crippen MR) is 112 cm³/mol. The topological polar surface area (TPSA) is 54.9 Å². The summed E-state index contributed by atoms with van der Waals surface area (Å²) in [4.78, 5) is 4.66. The normalized spacial score (nSPS) is 10.9. The average molecular weight is 449 g/mol. The van der Waals surface area contributed by atoms with Crippen LogP contribution in [0.4, 0.5) is 0 Å². The molecule has 138 valence electrons. The number of rotatable bonds is 10. The summed E-state index contributed by atoms with van der Waals surface area (Å²) in [6.07, 6.45) is 2.31. The third-order valence-electron chi connectivity index (χ3n) is 3.34. The SMILES string of the molecule is CCCCNC(=NCc1ccc(C)cc1OCCOC)NCC.I. The molecule has 0 saturated heterocycles. The van der Waals surface area contributed by atoms with Crippen molar-refractivity contribution in [3.05, 3.63) is 29.3 Å². The molecule has 1 aromatic rings. The van der Waals surface area contributed by atoms with E-state index in [1.807, 2.05) is 0 Å². The van der Waals surface area contributed by atoms with E-state index in [1.165, 1.54) is 12.0 Å². The van der Waals surface area contributed by atoms with E-state index in [2.05, 4.69) is 54.6 Å². The lowest BCUT2D eigenvalue weighted by Gasteiger charge is -2.13. The molecule has 0 bridgehead atoms. The minimum Gasteiger partial charge on any atom is -0.491 e. The molecule has 24 heavy (non-hydrogen) atoms. The Balaban J connectivity index is 0.00000529. The molecule has 1 rings (SSSR count). The maximum absolute atomic E-state index is 5.81. The van der Waals surface area contributed by atoms with E-state index >= 15 is 0 Å². The van der Waals surface area contributed by atoms with Crippen LogP contribution in [0.2, 0.25) is 0 Å². The summed E-state index contributed by atoms with van der Waals surface area (Å²) >= 11 is 0. The first-order valence-corrected chi connectivity index (χ1v) is 8.44. The maximum atomic E-state index is 5.81. The summed E-state index contributed by atoms with van der Waals surface area (Å²) in [7, 11) is 1.68. The summed E-state index contributed by atoms with van der Waals surface area (Å²) in [6.45, 7) is 9.82. The van der Waals surface area contributed by atoms with Crippen molar-refractivity contribution in [3.8, 4) is 5.75 Å². The maximum Gasteiger partial charge on any atom is 0.191 e. The van der Waals surface area contributed by atoms with Crippen molar-refractivity contribution in [1.82, 2.24) is 10.6 Å². The van der Waals surface area contributed by atoms with Crippen LogP contribution in [0.15, 0.2) is 23.2 Å². The minimum atomic E-state index is 0. The number of benzene rings is 1. The summed E-state index contributed by atoms with van der Waals surface area (Å²) in [5, 5.41) is 6.63. The highest BCUT2D eigenvalue weighted by Gasteiger charge is 2.05. The van der Waals surface area contributed by atoms with E-state index in [4.69, 9.17) is 9.47 Å². The standard InChI is InChI=1S/C18H31N3O2.HI/c1-5-7-10-20-18(19-6-2)21-14-16-9-8-15(3)13-17(16)23-12-11-22-4;/h8-9,13H,5-7,10-12,14H2,1-4H3,(H2,19,20,21);1H. The molecule has 0 aromatic heterocycles. The van der Waals surface area contributed by atoms with Gasteiger partial charge in [-0.25, -0.2) is 4.99 Å². The Morgan fingerprint density at radius 1 is 1.17 bits per heavy atom. The first-order chi connectivity index (χ1) is 11.2. The van der Waals surface area contributed by atoms with E-state index < -0.39 is 0 Å². The third kappa shape index (κ3) is 9.32. The Bertz CT molecular complexity index is 481. The van der Waals surface area contributed by atoms with Gasteiger partial charge >= 0.3 is 0 Å². The second-order valence-electron chi connectivity index (χ2n) is 5.43. The molecule has 0 fully saturated rings. The smallest absolute Gasteiger partial charge is 0.191 e. The van der Waals surface area contributed by atoms with Crippen LogP contribution in [0.3, 0.4) is 0 Å². The van der Waals surface area contributed by atoms with Crippen LogP contribution >= 0.6 is 24.0 Å². The molecule has 5 nitrogen and oxygen atoms in total. The van der Waals surface area contributed by atoms with Crippen LogP contribution in [0, 0.1) is 6.92 Å². The van der Waals surface area contributed by atoms with Gasteiger partial charge in [-0.3, -0.25) is 0 Å². The molecule has 0 unspecified atom stereocenters. The molecule has 6 heteroatoms. The van der Waals surface area contributed by atoms with Crippen molar-refractivity contribution in [3.63, 3.8) is 0 Å². The number of methoxy groups -OCH3 is 1. The molecule has 0 aliphatic carbocycles. The largest absolute Gasteiger partial charge is 0.491 e. The Hall–Kier alpha value is -1.02. The van der Waals surface area contributed by atoms with Gasteiger partial charge in [-0.15, -0.1) is 24.0 Å². The lowest BCUT2D eigenvalue weighted by molar-refractivity contribution is 0.145. The number of aliphatic imine (C=N–C) groups is 1. The van der Waals surface area contributed by atoms with Gasteiger partial charge in [0.1, 0.15) is 12.4 Å². The molecule has 1 aromatic carbocycles. The van der Waals surface area contributed by atoms with E-state index in [0.717, 1.165) is 36.8 Å². The van der Waals surface area contributed by atoms with E-state index in [-0.39, 0.29) is 24.0 Å². The van der Waals surface area contributed by atoms with Crippen molar-refractivity contribution in [2.75, 3.05) is 33.4 Å². The molecular weight excluding hydrogens is 417 g/mol. The Morgan fingerprint density at radius 3 is 2.62 bits per heavy atom. The van der Waals surface area contributed by atoms with Gasteiger partial charge in [-0.05, 0) is 31.9 Å². The Labute approximate surface area is 163 Å². The number of aryl methyl sites for hydroxylation is 1. The average Bonchev–Trinajstić information content (AvgIpc) is 2.54. The van der Waals surface area contributed by atoms with Gasteiger partial charge in [0.05, 0.1) is 13.2 Å². The number of hydrogen-bond donors (Lipinski definition) is 2. The number of halogens is 1. The number of nitrogens with one attached hydrogen (secondary N) is 2. The second kappa shape index (κ2) is 14.3. The van der Waals surface area contributed by atoms with Gasteiger partial charge in [0, 0.05) is 25.8 Å². The summed E-state index contributed by atoms with van der Waals surface area (Å²) in [5.74, 6) is 1.74. The fraction of sp³-hybridized carbons (Fsp3) is 0.611. The quantitative estimate of drug-likeness (QED) is 0.249. The van der Waals surface area contributed by atoms with Crippen molar-refractivity contribution < 1.29 is 9.47 Å². The zero-order valence-electron chi connectivity index (χ0n) is 15.4. The predicted octanol–water partition coefficient (Wildman–Crippen LogP) is 3.49. The van der Waals surface area contributed by atoms with Gasteiger partial charge in [0.25, 0.3) is 0 Å². The molecule has 0 aliphatic rings. The summed E-state index contributed by atoms with van der Waals surface area (Å²) in [5.41, 5.74) is 2.26. The molecule has 2 N–H and O–H groups in total. The first kappa shape index (κ1) is 23.0. The Kier molecular flexibility index (Phi) is 13.7. The van der Waals surface area contributed by atoms with Crippen LogP contribution in [0.25, 0.3) is 0 Å². The zero-order chi connectivity index (χ0) is 16.9. The van der Waals surface area contributed by atoms with E-state index in [1.54, 1.807) is 7.11 Å². The molecule has 0 atom stereocenters. The van der Waals surface area contributed by atoms with Crippen LogP contribution in [0.5, 0.6) is 5.75 Å². The van der Waals surface area contributed by atoms with E-state index in [9.17, 15) is 0 Å². The minimum absolute atomic E-state index is 0. The van der Waals surface area contributed by atoms with Gasteiger partial charge in [0.15, 0.2) is 5.96 Å². The molecule has 0 radical (unpaired) electrons. The van der Waals surface area contributed by atoms with Gasteiger partial charge < -0.3 is 20.1 Å². The monoisotopic (exact) mass is 449 g/mol. The molecule has 0 heterocycles. The molecule has 0 spiro atoms. The number of guanidine groups is 1. The number of ether oxygens (including phenoxy) is 2. The van der Waals surface area contributed by atoms with Gasteiger partial charge in [-0.1, -0.05) is 25.5 Å². The van der Waals surface area contributed by atoms with Crippen molar-refractivity contribution in [1.29, 1.82) is 0 Å². The van der Waals surface area contributed by atoms with Crippen molar-refractivity contribution in [2.45, 2.75) is 40.2 Å². The van der Waals surface area contributed by atoms with Gasteiger partial charge in [-0.2, -0.15) is 0 Å².